The lowest BCUT2D eigenvalue weighted by Gasteiger charge is -2.29. The van der Waals surface area contributed by atoms with Crippen LogP contribution in [0.2, 0.25) is 0 Å². The Balaban J connectivity index is 1.98. The first-order valence-corrected chi connectivity index (χ1v) is 7.28. The number of nitrogens with one attached hydrogen (secondary N) is 1. The highest BCUT2D eigenvalue weighted by Crippen LogP contribution is 2.26. The van der Waals surface area contributed by atoms with Crippen LogP contribution in [0.4, 0.5) is 5.82 Å². The zero-order valence-electron chi connectivity index (χ0n) is 12.1. The summed E-state index contributed by atoms with van der Waals surface area (Å²) in [4.78, 5) is 7.21. The summed E-state index contributed by atoms with van der Waals surface area (Å²) in [6.07, 6.45) is 0. The minimum absolute atomic E-state index is 0.691. The van der Waals surface area contributed by atoms with E-state index in [0.717, 1.165) is 48.6 Å². The third kappa shape index (κ3) is 2.56. The Morgan fingerprint density at radius 1 is 1.25 bits per heavy atom. The Labute approximate surface area is 119 Å². The van der Waals surface area contributed by atoms with Gasteiger partial charge >= 0.3 is 0 Å². The van der Waals surface area contributed by atoms with E-state index in [1.807, 2.05) is 19.1 Å². The summed E-state index contributed by atoms with van der Waals surface area (Å²) in [5, 5.41) is 4.52. The molecule has 1 aromatic carbocycles. The molecule has 1 aromatic heterocycles. The maximum Gasteiger partial charge on any atom is 0.132 e. The van der Waals surface area contributed by atoms with E-state index in [2.05, 4.69) is 29.3 Å². The van der Waals surface area contributed by atoms with Crippen molar-refractivity contribution in [3.05, 3.63) is 29.8 Å². The molecule has 0 radical (unpaired) electrons. The predicted molar refractivity (Wildman–Crippen MR) is 82.7 cm³/mol. The Morgan fingerprint density at radius 3 is 2.80 bits per heavy atom. The van der Waals surface area contributed by atoms with Crippen molar-refractivity contribution in [2.75, 3.05) is 37.7 Å². The van der Waals surface area contributed by atoms with Gasteiger partial charge in [-0.3, -0.25) is 0 Å². The molecule has 0 saturated carbocycles. The van der Waals surface area contributed by atoms with Crippen molar-refractivity contribution in [1.29, 1.82) is 0 Å². The number of nitrogens with zero attached hydrogens (tertiary/aromatic N) is 2. The van der Waals surface area contributed by atoms with Gasteiger partial charge < -0.3 is 15.0 Å². The molecule has 2 aromatic rings. The van der Waals surface area contributed by atoms with Crippen molar-refractivity contribution in [2.45, 2.75) is 13.8 Å². The predicted octanol–water partition coefficient (Wildman–Crippen LogP) is 2.35. The minimum Gasteiger partial charge on any atom is -0.494 e. The van der Waals surface area contributed by atoms with Gasteiger partial charge in [0.15, 0.2) is 0 Å². The van der Waals surface area contributed by atoms with Gasteiger partial charge in [-0.05, 0) is 43.7 Å². The van der Waals surface area contributed by atoms with Crippen LogP contribution in [0.25, 0.3) is 10.9 Å². The van der Waals surface area contributed by atoms with Crippen molar-refractivity contribution >= 4 is 16.7 Å². The first-order valence-electron chi connectivity index (χ1n) is 7.28. The van der Waals surface area contributed by atoms with E-state index >= 15 is 0 Å². The second-order valence-corrected chi connectivity index (χ2v) is 5.15. The molecule has 1 aliphatic rings. The van der Waals surface area contributed by atoms with Crippen LogP contribution in [-0.4, -0.2) is 37.8 Å². The molecular weight excluding hydrogens is 250 g/mol. The van der Waals surface area contributed by atoms with Crippen LogP contribution in [0.15, 0.2) is 24.3 Å². The van der Waals surface area contributed by atoms with Gasteiger partial charge in [0.05, 0.1) is 12.1 Å². The summed E-state index contributed by atoms with van der Waals surface area (Å²) in [5.41, 5.74) is 2.26. The molecule has 20 heavy (non-hydrogen) atoms. The molecule has 1 saturated heterocycles. The molecule has 106 valence electrons. The number of pyridine rings is 1. The van der Waals surface area contributed by atoms with Crippen molar-refractivity contribution in [1.82, 2.24) is 10.3 Å². The maximum absolute atomic E-state index is 5.55. The number of anilines is 1. The molecule has 1 fully saturated rings. The highest BCUT2D eigenvalue weighted by molar-refractivity contribution is 5.83. The number of hydrogen-bond donors (Lipinski definition) is 1. The van der Waals surface area contributed by atoms with Crippen LogP contribution in [-0.2, 0) is 0 Å². The standard InChI is InChI=1S/C16H21N3O/c1-3-20-14-4-5-15-13(11-14)10-12(2)16(18-15)19-8-6-17-7-9-19/h4-5,10-11,17H,3,6-9H2,1-2H3. The van der Waals surface area contributed by atoms with Gasteiger partial charge in [0.1, 0.15) is 11.6 Å². The maximum atomic E-state index is 5.55. The lowest BCUT2D eigenvalue weighted by Crippen LogP contribution is -2.44. The monoisotopic (exact) mass is 271 g/mol. The Kier molecular flexibility index (Phi) is 3.74. The van der Waals surface area contributed by atoms with Crippen LogP contribution in [0.1, 0.15) is 12.5 Å². The van der Waals surface area contributed by atoms with Gasteiger partial charge in [0.25, 0.3) is 0 Å². The number of piperazine rings is 1. The van der Waals surface area contributed by atoms with Crippen molar-refractivity contribution in [3.63, 3.8) is 0 Å². The molecule has 4 nitrogen and oxygen atoms in total. The number of benzene rings is 1. The average Bonchev–Trinajstić information content (AvgIpc) is 2.48. The van der Waals surface area contributed by atoms with Crippen molar-refractivity contribution in [2.24, 2.45) is 0 Å². The Bertz CT molecular complexity index is 606. The fourth-order valence-electron chi connectivity index (χ4n) is 2.70. The van der Waals surface area contributed by atoms with E-state index in [9.17, 15) is 0 Å². The van der Waals surface area contributed by atoms with Crippen LogP contribution in [0.3, 0.4) is 0 Å². The summed E-state index contributed by atoms with van der Waals surface area (Å²) < 4.78 is 5.55. The van der Waals surface area contributed by atoms with Gasteiger partial charge in [-0.1, -0.05) is 0 Å². The smallest absolute Gasteiger partial charge is 0.132 e. The summed E-state index contributed by atoms with van der Waals surface area (Å²) in [7, 11) is 0. The third-order valence-corrected chi connectivity index (χ3v) is 3.68. The molecule has 0 atom stereocenters. The van der Waals surface area contributed by atoms with Crippen LogP contribution in [0, 0.1) is 6.92 Å². The van der Waals surface area contributed by atoms with Crippen molar-refractivity contribution < 1.29 is 4.74 Å². The Morgan fingerprint density at radius 2 is 2.05 bits per heavy atom. The molecule has 1 aliphatic heterocycles. The fraction of sp³-hybridized carbons (Fsp3) is 0.438. The van der Waals surface area contributed by atoms with E-state index in [-0.39, 0.29) is 0 Å². The van der Waals surface area contributed by atoms with E-state index in [1.165, 1.54) is 5.56 Å². The normalized spacial score (nSPS) is 15.6. The molecule has 4 heteroatoms. The van der Waals surface area contributed by atoms with Gasteiger partial charge in [-0.2, -0.15) is 0 Å². The number of fused-ring (bicyclic) bond motifs is 1. The largest absolute Gasteiger partial charge is 0.494 e. The van der Waals surface area contributed by atoms with E-state index < -0.39 is 0 Å². The topological polar surface area (TPSA) is 37.4 Å². The molecule has 0 amide bonds. The molecule has 2 heterocycles. The highest BCUT2D eigenvalue weighted by atomic mass is 16.5. The zero-order valence-corrected chi connectivity index (χ0v) is 12.1. The lowest BCUT2D eigenvalue weighted by molar-refractivity contribution is 0.340. The second kappa shape index (κ2) is 5.67. The molecule has 0 aliphatic carbocycles. The van der Waals surface area contributed by atoms with E-state index in [0.29, 0.717) is 6.61 Å². The van der Waals surface area contributed by atoms with E-state index in [4.69, 9.17) is 9.72 Å². The van der Waals surface area contributed by atoms with Crippen LogP contribution >= 0.6 is 0 Å². The summed E-state index contributed by atoms with van der Waals surface area (Å²) in [5.74, 6) is 2.03. The molecule has 3 rings (SSSR count). The second-order valence-electron chi connectivity index (χ2n) is 5.15. The molecule has 1 N–H and O–H groups in total. The quantitative estimate of drug-likeness (QED) is 0.930. The molecule has 0 spiro atoms. The van der Waals surface area contributed by atoms with Crippen LogP contribution < -0.4 is 15.0 Å². The summed E-state index contributed by atoms with van der Waals surface area (Å²) in [6, 6.07) is 8.32. The first kappa shape index (κ1) is 13.2. The number of aryl methyl sites for hydroxylation is 1. The number of aromatic nitrogens is 1. The SMILES string of the molecule is CCOc1ccc2nc(N3CCNCC3)c(C)cc2c1. The fourth-order valence-corrected chi connectivity index (χ4v) is 2.70. The molecular formula is C16H21N3O. The Hall–Kier alpha value is -1.81. The summed E-state index contributed by atoms with van der Waals surface area (Å²) in [6.45, 7) is 8.94. The van der Waals surface area contributed by atoms with Gasteiger partial charge in [0.2, 0.25) is 0 Å². The highest BCUT2D eigenvalue weighted by Gasteiger charge is 2.14. The minimum atomic E-state index is 0.691. The van der Waals surface area contributed by atoms with Gasteiger partial charge in [-0.15, -0.1) is 0 Å². The van der Waals surface area contributed by atoms with E-state index in [1.54, 1.807) is 0 Å². The third-order valence-electron chi connectivity index (χ3n) is 3.68. The number of rotatable bonds is 3. The molecule has 0 unspecified atom stereocenters. The average molecular weight is 271 g/mol. The first-order chi connectivity index (χ1) is 9.78. The number of hydrogen-bond acceptors (Lipinski definition) is 4. The zero-order chi connectivity index (χ0) is 13.9. The van der Waals surface area contributed by atoms with Gasteiger partial charge in [0, 0.05) is 31.6 Å². The molecule has 0 bridgehead atoms. The van der Waals surface area contributed by atoms with Gasteiger partial charge in [-0.25, -0.2) is 4.98 Å². The van der Waals surface area contributed by atoms with Crippen molar-refractivity contribution in [3.8, 4) is 5.75 Å². The number of ether oxygens (including phenoxy) is 1. The lowest BCUT2D eigenvalue weighted by atomic mass is 10.1. The van der Waals surface area contributed by atoms with Crippen LogP contribution in [0.5, 0.6) is 5.75 Å². The summed E-state index contributed by atoms with van der Waals surface area (Å²) >= 11 is 0.